The van der Waals surface area contributed by atoms with Gasteiger partial charge in [0.2, 0.25) is 0 Å². The summed E-state index contributed by atoms with van der Waals surface area (Å²) in [6.07, 6.45) is -4.19. The highest BCUT2D eigenvalue weighted by Gasteiger charge is 2.36. The maximum atomic E-state index is 13.8. The molecular formula is C21H25F3N4O3S2. The van der Waals surface area contributed by atoms with Gasteiger partial charge in [-0.1, -0.05) is 0 Å². The van der Waals surface area contributed by atoms with E-state index in [1.54, 1.807) is 9.80 Å². The van der Waals surface area contributed by atoms with Crippen molar-refractivity contribution in [3.05, 3.63) is 22.6 Å². The number of ether oxygens (including phenoxy) is 1. The molecular weight excluding hydrogens is 477 g/mol. The maximum Gasteiger partial charge on any atom is 0.417 e. The molecule has 0 saturated carbocycles. The van der Waals surface area contributed by atoms with Crippen LogP contribution in [0.4, 0.5) is 23.8 Å². The first kappa shape index (κ1) is 23.9. The highest BCUT2D eigenvalue weighted by atomic mass is 32.2. The third kappa shape index (κ3) is 5.01. The molecule has 0 aliphatic carbocycles. The van der Waals surface area contributed by atoms with Crippen molar-refractivity contribution in [1.82, 2.24) is 15.2 Å². The smallest absolute Gasteiger partial charge is 0.417 e. The van der Waals surface area contributed by atoms with Crippen molar-refractivity contribution in [3.63, 3.8) is 0 Å². The predicted octanol–water partition coefficient (Wildman–Crippen LogP) is 4.22. The van der Waals surface area contributed by atoms with Crippen molar-refractivity contribution in [2.24, 2.45) is 0 Å². The van der Waals surface area contributed by atoms with Crippen LogP contribution in [0.15, 0.2) is 11.4 Å². The molecule has 0 bridgehead atoms. The second-order valence-electron chi connectivity index (χ2n) is 8.12. The number of aromatic nitrogens is 1. The lowest BCUT2D eigenvalue weighted by Gasteiger charge is -2.36. The third-order valence-electron chi connectivity index (χ3n) is 5.92. The second kappa shape index (κ2) is 9.57. The van der Waals surface area contributed by atoms with Gasteiger partial charge in [0.05, 0.1) is 21.3 Å². The molecule has 1 atom stereocenters. The summed E-state index contributed by atoms with van der Waals surface area (Å²) in [6.45, 7) is 3.45. The lowest BCUT2D eigenvalue weighted by molar-refractivity contribution is -0.136. The Balaban J connectivity index is 1.50. The number of nitrogens with zero attached hydrogens (tertiary/aromatic N) is 3. The van der Waals surface area contributed by atoms with E-state index in [4.69, 9.17) is 4.74 Å². The number of rotatable bonds is 3. The minimum Gasteiger partial charge on any atom is -0.446 e. The molecule has 180 valence electrons. The molecule has 7 nitrogen and oxygen atoms in total. The number of anilines is 1. The Kier molecular flexibility index (Phi) is 6.94. The summed E-state index contributed by atoms with van der Waals surface area (Å²) in [4.78, 5) is 32.6. The zero-order valence-corrected chi connectivity index (χ0v) is 19.9. The number of piperidine rings is 1. The molecule has 2 aliphatic rings. The van der Waals surface area contributed by atoms with Gasteiger partial charge >= 0.3 is 12.3 Å². The van der Waals surface area contributed by atoms with E-state index in [1.807, 2.05) is 18.7 Å². The van der Waals surface area contributed by atoms with Gasteiger partial charge in [0.15, 0.2) is 0 Å². The van der Waals surface area contributed by atoms with E-state index in [2.05, 4.69) is 10.3 Å². The standard InChI is InChI=1S/C21H25F3N4O3S2/c1-12-10-32-8-7-28(12)20(30)31-13-3-5-27(6-4-13)16-9-15(21(22,23)24)18-17(26-16)14(11-33-18)19(29)25-2/h9,11-13H,3-8,10H2,1-2H3,(H,25,29). The summed E-state index contributed by atoms with van der Waals surface area (Å²) in [5.41, 5.74) is -0.620. The Morgan fingerprint density at radius 2 is 1.97 bits per heavy atom. The number of hydrogen-bond acceptors (Lipinski definition) is 7. The number of halogens is 3. The number of thiophene rings is 1. The van der Waals surface area contributed by atoms with Crippen LogP contribution in [0.1, 0.15) is 35.7 Å². The van der Waals surface area contributed by atoms with Crippen LogP contribution in [0.25, 0.3) is 10.2 Å². The lowest BCUT2D eigenvalue weighted by atomic mass is 10.1. The largest absolute Gasteiger partial charge is 0.446 e. The lowest BCUT2D eigenvalue weighted by Crippen LogP contribution is -2.47. The number of thioether (sulfide) groups is 1. The number of alkyl halides is 3. The van der Waals surface area contributed by atoms with Crippen LogP contribution in [-0.2, 0) is 10.9 Å². The van der Waals surface area contributed by atoms with Gasteiger partial charge in [0, 0.05) is 62.5 Å². The van der Waals surface area contributed by atoms with Crippen LogP contribution in [0.5, 0.6) is 0 Å². The van der Waals surface area contributed by atoms with Crippen LogP contribution >= 0.6 is 23.1 Å². The molecule has 1 unspecified atom stereocenters. The van der Waals surface area contributed by atoms with Crippen LogP contribution < -0.4 is 10.2 Å². The molecule has 12 heteroatoms. The summed E-state index contributed by atoms with van der Waals surface area (Å²) in [6, 6.07) is 1.17. The topological polar surface area (TPSA) is 74.8 Å². The Morgan fingerprint density at radius 3 is 2.61 bits per heavy atom. The van der Waals surface area contributed by atoms with Crippen molar-refractivity contribution in [2.45, 2.75) is 38.1 Å². The minimum atomic E-state index is -4.57. The number of amides is 2. The van der Waals surface area contributed by atoms with Crippen molar-refractivity contribution >= 4 is 51.1 Å². The van der Waals surface area contributed by atoms with Crippen molar-refractivity contribution in [3.8, 4) is 0 Å². The number of carbonyl (C=O) groups excluding carboxylic acids is 2. The van der Waals surface area contributed by atoms with E-state index in [9.17, 15) is 22.8 Å². The monoisotopic (exact) mass is 502 g/mol. The van der Waals surface area contributed by atoms with Gasteiger partial charge in [-0.3, -0.25) is 4.79 Å². The van der Waals surface area contributed by atoms with Gasteiger partial charge in [-0.05, 0) is 13.0 Å². The summed E-state index contributed by atoms with van der Waals surface area (Å²) in [5.74, 6) is 1.46. The van der Waals surface area contributed by atoms with Gasteiger partial charge in [-0.2, -0.15) is 24.9 Å². The van der Waals surface area contributed by atoms with Crippen LogP contribution in [0.3, 0.4) is 0 Å². The van der Waals surface area contributed by atoms with E-state index in [0.717, 1.165) is 28.9 Å². The molecule has 2 aromatic heterocycles. The number of nitrogens with one attached hydrogen (secondary N) is 1. The first-order valence-electron chi connectivity index (χ1n) is 10.7. The number of fused-ring (bicyclic) bond motifs is 1. The summed E-state index contributed by atoms with van der Waals surface area (Å²) in [5, 5.41) is 3.85. The average molecular weight is 503 g/mol. The zero-order chi connectivity index (χ0) is 23.8. The van der Waals surface area contributed by atoms with Crippen LogP contribution in [0, 0.1) is 0 Å². The first-order valence-corrected chi connectivity index (χ1v) is 12.7. The molecule has 4 rings (SSSR count). The van der Waals surface area contributed by atoms with E-state index in [-0.39, 0.29) is 39.8 Å². The van der Waals surface area contributed by atoms with Gasteiger partial charge in [0.1, 0.15) is 11.9 Å². The Hall–Kier alpha value is -2.21. The molecule has 2 amide bonds. The van der Waals surface area contributed by atoms with Crippen molar-refractivity contribution < 1.29 is 27.5 Å². The number of pyridine rings is 1. The molecule has 0 spiro atoms. The maximum absolute atomic E-state index is 13.8. The summed E-state index contributed by atoms with van der Waals surface area (Å²) >= 11 is 2.67. The van der Waals surface area contributed by atoms with E-state index in [1.165, 1.54) is 12.4 Å². The Labute approximate surface area is 197 Å². The third-order valence-corrected chi connectivity index (χ3v) is 8.11. The molecule has 1 N–H and O–H groups in total. The van der Waals surface area contributed by atoms with E-state index < -0.39 is 17.6 Å². The van der Waals surface area contributed by atoms with Crippen LogP contribution in [-0.4, -0.2) is 72.2 Å². The number of carbonyl (C=O) groups is 2. The second-order valence-corrected chi connectivity index (χ2v) is 10.1. The van der Waals surface area contributed by atoms with Gasteiger partial charge in [-0.25, -0.2) is 9.78 Å². The molecule has 0 radical (unpaired) electrons. The average Bonchev–Trinajstić information content (AvgIpc) is 3.22. The fraction of sp³-hybridized carbons (Fsp3) is 0.571. The molecule has 2 aromatic rings. The number of hydrogen-bond donors (Lipinski definition) is 1. The predicted molar refractivity (Wildman–Crippen MR) is 123 cm³/mol. The SMILES string of the molecule is CNC(=O)c1csc2c(C(F)(F)F)cc(N3CCC(OC(=O)N4CCSCC4C)CC3)nc12. The summed E-state index contributed by atoms with van der Waals surface area (Å²) in [7, 11) is 1.43. The molecule has 33 heavy (non-hydrogen) atoms. The quantitative estimate of drug-likeness (QED) is 0.678. The Bertz CT molecular complexity index is 1040. The fourth-order valence-electron chi connectivity index (χ4n) is 4.07. The normalized spacial score (nSPS) is 20.2. The van der Waals surface area contributed by atoms with E-state index >= 15 is 0 Å². The summed E-state index contributed by atoms with van der Waals surface area (Å²) < 4.78 is 46.9. The van der Waals surface area contributed by atoms with Crippen LogP contribution in [0.2, 0.25) is 0 Å². The van der Waals surface area contributed by atoms with Gasteiger partial charge in [-0.15, -0.1) is 11.3 Å². The molecule has 2 aliphatic heterocycles. The van der Waals surface area contributed by atoms with Gasteiger partial charge in [0.25, 0.3) is 5.91 Å². The van der Waals surface area contributed by atoms with E-state index in [0.29, 0.717) is 32.5 Å². The highest BCUT2D eigenvalue weighted by molar-refractivity contribution is 7.99. The first-order chi connectivity index (χ1) is 15.7. The highest BCUT2D eigenvalue weighted by Crippen LogP contribution is 2.40. The molecule has 2 fully saturated rings. The zero-order valence-electron chi connectivity index (χ0n) is 18.3. The van der Waals surface area contributed by atoms with Crippen molar-refractivity contribution in [1.29, 1.82) is 0 Å². The molecule has 4 heterocycles. The Morgan fingerprint density at radius 1 is 1.24 bits per heavy atom. The van der Waals surface area contributed by atoms with Gasteiger partial charge < -0.3 is 19.9 Å². The van der Waals surface area contributed by atoms with Crippen molar-refractivity contribution in [2.75, 3.05) is 43.1 Å². The minimum absolute atomic E-state index is 0.0506. The molecule has 0 aromatic carbocycles. The molecule has 2 saturated heterocycles. The fourth-order valence-corrected chi connectivity index (χ4v) is 6.11.